The van der Waals surface area contributed by atoms with Crippen molar-refractivity contribution < 1.29 is 9.53 Å². The van der Waals surface area contributed by atoms with E-state index in [1.165, 1.54) is 6.20 Å². The molecule has 0 aliphatic carbocycles. The second kappa shape index (κ2) is 5.99. The third-order valence-corrected chi connectivity index (χ3v) is 2.51. The second-order valence-corrected chi connectivity index (χ2v) is 4.03. The second-order valence-electron chi connectivity index (χ2n) is 4.03. The van der Waals surface area contributed by atoms with Crippen LogP contribution in [0.15, 0.2) is 30.7 Å². The van der Waals surface area contributed by atoms with Crippen LogP contribution in [-0.4, -0.2) is 27.3 Å². The van der Waals surface area contributed by atoms with Gasteiger partial charge in [-0.3, -0.25) is 4.68 Å². The Hall–Kier alpha value is -2.37. The highest BCUT2D eigenvalue weighted by Gasteiger charge is 2.06. The fourth-order valence-electron chi connectivity index (χ4n) is 1.59. The third kappa shape index (κ3) is 3.54. The van der Waals surface area contributed by atoms with Gasteiger partial charge in [0.15, 0.2) is 0 Å². The van der Waals surface area contributed by atoms with E-state index in [2.05, 4.69) is 15.4 Å². The molecule has 6 nitrogen and oxygen atoms in total. The van der Waals surface area contributed by atoms with Crippen molar-refractivity contribution >= 4 is 11.8 Å². The van der Waals surface area contributed by atoms with Gasteiger partial charge in [-0.15, -0.1) is 0 Å². The summed E-state index contributed by atoms with van der Waals surface area (Å²) in [5, 5.41) is 7.24. The number of carbonyl (C=O) groups excluding carboxylic acids is 1. The first-order valence-corrected chi connectivity index (χ1v) is 6.03. The maximum Gasteiger partial charge on any atom is 0.339 e. The van der Waals surface area contributed by atoms with E-state index in [4.69, 9.17) is 4.74 Å². The minimum atomic E-state index is -0.353. The van der Waals surface area contributed by atoms with Crippen molar-refractivity contribution in [2.45, 2.75) is 13.5 Å². The van der Waals surface area contributed by atoms with E-state index in [-0.39, 0.29) is 5.97 Å². The summed E-state index contributed by atoms with van der Waals surface area (Å²) in [6.07, 6.45) is 5.23. The van der Waals surface area contributed by atoms with Gasteiger partial charge in [0.1, 0.15) is 5.82 Å². The Kier molecular flexibility index (Phi) is 4.12. The number of esters is 1. The maximum absolute atomic E-state index is 11.4. The number of nitrogens with one attached hydrogen (secondary N) is 1. The van der Waals surface area contributed by atoms with Crippen LogP contribution in [0.5, 0.6) is 0 Å². The number of hydrogen-bond acceptors (Lipinski definition) is 5. The molecule has 2 heterocycles. The third-order valence-electron chi connectivity index (χ3n) is 2.51. The first-order valence-electron chi connectivity index (χ1n) is 6.03. The van der Waals surface area contributed by atoms with Gasteiger partial charge in [0.2, 0.25) is 0 Å². The highest BCUT2D eigenvalue weighted by Crippen LogP contribution is 2.08. The molecular formula is C13H16N4O2. The molecule has 0 saturated heterocycles. The van der Waals surface area contributed by atoms with E-state index in [9.17, 15) is 4.79 Å². The smallest absolute Gasteiger partial charge is 0.339 e. The number of anilines is 1. The first-order chi connectivity index (χ1) is 9.19. The topological polar surface area (TPSA) is 69.0 Å². The molecule has 0 spiro atoms. The summed E-state index contributed by atoms with van der Waals surface area (Å²) in [6, 6.07) is 3.44. The standard InChI is InChI=1S/C13H16N4O2/c1-3-19-13(18)11-4-5-12(15-8-11)14-6-10-7-16-17(2)9-10/h4-5,7-9H,3,6H2,1-2H3,(H,14,15). The average Bonchev–Trinajstić information content (AvgIpc) is 2.83. The molecule has 100 valence electrons. The molecule has 19 heavy (non-hydrogen) atoms. The summed E-state index contributed by atoms with van der Waals surface area (Å²) < 4.78 is 6.63. The Morgan fingerprint density at radius 2 is 2.26 bits per heavy atom. The molecule has 2 aromatic rings. The van der Waals surface area contributed by atoms with Gasteiger partial charge in [-0.05, 0) is 19.1 Å². The molecule has 0 radical (unpaired) electrons. The molecule has 0 aliphatic rings. The molecule has 0 atom stereocenters. The van der Waals surface area contributed by atoms with Crippen LogP contribution in [-0.2, 0) is 18.3 Å². The lowest BCUT2D eigenvalue weighted by Crippen LogP contribution is -2.06. The number of rotatable bonds is 5. The molecule has 2 aromatic heterocycles. The van der Waals surface area contributed by atoms with E-state index in [1.54, 1.807) is 29.9 Å². The van der Waals surface area contributed by atoms with Crippen LogP contribution in [0, 0.1) is 0 Å². The summed E-state index contributed by atoms with van der Waals surface area (Å²) in [7, 11) is 1.87. The van der Waals surface area contributed by atoms with Gasteiger partial charge >= 0.3 is 5.97 Å². The molecule has 6 heteroatoms. The van der Waals surface area contributed by atoms with Gasteiger partial charge in [0.05, 0.1) is 18.4 Å². The van der Waals surface area contributed by atoms with Gasteiger partial charge < -0.3 is 10.1 Å². The van der Waals surface area contributed by atoms with Crippen LogP contribution in [0.3, 0.4) is 0 Å². The Labute approximate surface area is 111 Å². The molecule has 0 unspecified atom stereocenters. The zero-order chi connectivity index (χ0) is 13.7. The fourth-order valence-corrected chi connectivity index (χ4v) is 1.59. The van der Waals surface area contributed by atoms with Gasteiger partial charge in [-0.1, -0.05) is 0 Å². The number of ether oxygens (including phenoxy) is 1. The minimum absolute atomic E-state index is 0.353. The molecular weight excluding hydrogens is 244 g/mol. The summed E-state index contributed by atoms with van der Waals surface area (Å²) in [5.74, 6) is 0.353. The number of aryl methyl sites for hydroxylation is 1. The SMILES string of the molecule is CCOC(=O)c1ccc(NCc2cnn(C)c2)nc1. The summed E-state index contributed by atoms with van der Waals surface area (Å²) in [4.78, 5) is 15.6. The number of aromatic nitrogens is 3. The van der Waals surface area contributed by atoms with Crippen molar-refractivity contribution in [1.29, 1.82) is 0 Å². The van der Waals surface area contributed by atoms with Crippen molar-refractivity contribution in [3.8, 4) is 0 Å². The minimum Gasteiger partial charge on any atom is -0.462 e. The van der Waals surface area contributed by atoms with Crippen LogP contribution >= 0.6 is 0 Å². The van der Waals surface area contributed by atoms with Gasteiger partial charge in [0, 0.05) is 31.5 Å². The van der Waals surface area contributed by atoms with Gasteiger partial charge in [-0.25, -0.2) is 9.78 Å². The highest BCUT2D eigenvalue weighted by atomic mass is 16.5. The lowest BCUT2D eigenvalue weighted by atomic mass is 10.3. The fraction of sp³-hybridized carbons (Fsp3) is 0.308. The largest absolute Gasteiger partial charge is 0.462 e. The highest BCUT2D eigenvalue weighted by molar-refractivity contribution is 5.89. The molecule has 2 rings (SSSR count). The molecule has 0 fully saturated rings. The van der Waals surface area contributed by atoms with Crippen molar-refractivity contribution in [2.75, 3.05) is 11.9 Å². The molecule has 0 aliphatic heterocycles. The number of hydrogen-bond donors (Lipinski definition) is 1. The molecule has 1 N–H and O–H groups in total. The van der Waals surface area contributed by atoms with E-state index >= 15 is 0 Å². The Morgan fingerprint density at radius 1 is 1.42 bits per heavy atom. The molecule has 0 saturated carbocycles. The number of carbonyl (C=O) groups is 1. The molecule has 0 amide bonds. The van der Waals surface area contributed by atoms with E-state index in [1.807, 2.05) is 13.2 Å². The van der Waals surface area contributed by atoms with Crippen LogP contribution in [0.25, 0.3) is 0 Å². The maximum atomic E-state index is 11.4. The number of nitrogens with zero attached hydrogens (tertiary/aromatic N) is 3. The van der Waals surface area contributed by atoms with Gasteiger partial charge in [0.25, 0.3) is 0 Å². The Morgan fingerprint density at radius 3 is 2.84 bits per heavy atom. The summed E-state index contributed by atoms with van der Waals surface area (Å²) in [6.45, 7) is 2.77. The van der Waals surface area contributed by atoms with Crippen LogP contribution < -0.4 is 5.32 Å². The van der Waals surface area contributed by atoms with E-state index in [0.717, 1.165) is 5.56 Å². The first kappa shape index (κ1) is 13.1. The van der Waals surface area contributed by atoms with Crippen molar-refractivity contribution in [2.24, 2.45) is 7.05 Å². The van der Waals surface area contributed by atoms with Gasteiger partial charge in [-0.2, -0.15) is 5.10 Å². The quantitative estimate of drug-likeness (QED) is 0.827. The van der Waals surface area contributed by atoms with Crippen molar-refractivity contribution in [3.05, 3.63) is 41.9 Å². The predicted octanol–water partition coefficient (Wildman–Crippen LogP) is 1.60. The zero-order valence-corrected chi connectivity index (χ0v) is 11.0. The van der Waals surface area contributed by atoms with Crippen LogP contribution in [0.4, 0.5) is 5.82 Å². The lowest BCUT2D eigenvalue weighted by molar-refractivity contribution is 0.0526. The van der Waals surface area contributed by atoms with Crippen LogP contribution in [0.1, 0.15) is 22.8 Å². The number of pyridine rings is 1. The van der Waals surface area contributed by atoms with Crippen molar-refractivity contribution in [1.82, 2.24) is 14.8 Å². The normalized spacial score (nSPS) is 10.2. The average molecular weight is 260 g/mol. The Bertz CT molecular complexity index is 548. The van der Waals surface area contributed by atoms with E-state index < -0.39 is 0 Å². The Balaban J connectivity index is 1.93. The molecule has 0 aromatic carbocycles. The van der Waals surface area contributed by atoms with Crippen LogP contribution in [0.2, 0.25) is 0 Å². The molecule has 0 bridgehead atoms. The lowest BCUT2D eigenvalue weighted by Gasteiger charge is -2.05. The monoisotopic (exact) mass is 260 g/mol. The summed E-state index contributed by atoms with van der Waals surface area (Å²) >= 11 is 0. The summed E-state index contributed by atoms with van der Waals surface area (Å²) in [5.41, 5.74) is 1.52. The van der Waals surface area contributed by atoms with Crippen molar-refractivity contribution in [3.63, 3.8) is 0 Å². The predicted molar refractivity (Wildman–Crippen MR) is 70.7 cm³/mol. The zero-order valence-electron chi connectivity index (χ0n) is 11.0. The van der Waals surface area contributed by atoms with E-state index in [0.29, 0.717) is 24.5 Å².